The van der Waals surface area contributed by atoms with Crippen molar-refractivity contribution in [2.24, 2.45) is 11.8 Å². The Morgan fingerprint density at radius 3 is 1.83 bits per heavy atom. The highest BCUT2D eigenvalue weighted by molar-refractivity contribution is 7.88. The van der Waals surface area contributed by atoms with Gasteiger partial charge in [0.15, 0.2) is 0 Å². The molecule has 0 heterocycles. The van der Waals surface area contributed by atoms with Crippen LogP contribution in [0.5, 0.6) is 0 Å². The molecule has 0 aromatic carbocycles. The van der Waals surface area contributed by atoms with Gasteiger partial charge in [0.2, 0.25) is 4.75 Å². The molecule has 0 fully saturated rings. The van der Waals surface area contributed by atoms with Crippen LogP contribution in [0.25, 0.3) is 0 Å². The van der Waals surface area contributed by atoms with Crippen LogP contribution in [0.4, 0.5) is 0 Å². The first-order valence-electron chi connectivity index (χ1n) is 7.70. The molecule has 0 saturated carbocycles. The molecule has 0 aromatic rings. The fourth-order valence-corrected chi connectivity index (χ4v) is 2.11. The molecule has 0 amide bonds. The van der Waals surface area contributed by atoms with Crippen LogP contribution < -0.4 is 0 Å². The van der Waals surface area contributed by atoms with Crippen molar-refractivity contribution in [1.82, 2.24) is 0 Å². The van der Waals surface area contributed by atoms with Gasteiger partial charge in [-0.2, -0.15) is 8.42 Å². The van der Waals surface area contributed by atoms with E-state index in [1.54, 1.807) is 0 Å². The van der Waals surface area contributed by atoms with Gasteiger partial charge in [-0.1, -0.05) is 27.7 Å². The Labute approximate surface area is 138 Å². The third-order valence-corrected chi connectivity index (χ3v) is 4.82. The lowest BCUT2D eigenvalue weighted by Crippen LogP contribution is -2.46. The molecule has 1 atom stereocenters. The van der Waals surface area contributed by atoms with Gasteiger partial charge in [0.25, 0.3) is 10.1 Å². The Balaban J connectivity index is 4.85. The van der Waals surface area contributed by atoms with Gasteiger partial charge in [0.1, 0.15) is 0 Å². The molecule has 0 spiro atoms. The average molecular weight is 352 g/mol. The normalized spacial score (nSPS) is 14.6. The molecule has 8 heteroatoms. The maximum atomic E-state index is 12.0. The lowest BCUT2D eigenvalue weighted by atomic mass is 10.1. The van der Waals surface area contributed by atoms with Crippen molar-refractivity contribution >= 4 is 22.1 Å². The first kappa shape index (κ1) is 21.9. The number of carbonyl (C=O) groups is 2. The second-order valence-electron chi connectivity index (χ2n) is 6.60. The van der Waals surface area contributed by atoms with Gasteiger partial charge in [0, 0.05) is 0 Å². The molecule has 0 saturated heterocycles. The van der Waals surface area contributed by atoms with Crippen molar-refractivity contribution in [3.05, 3.63) is 0 Å². The first-order valence-corrected chi connectivity index (χ1v) is 9.14. The van der Waals surface area contributed by atoms with E-state index in [-0.39, 0.29) is 19.1 Å². The summed E-state index contributed by atoms with van der Waals surface area (Å²) in [4.78, 5) is 23.8. The lowest BCUT2D eigenvalue weighted by Gasteiger charge is -2.23. The van der Waals surface area contributed by atoms with E-state index in [2.05, 4.69) is 0 Å². The van der Waals surface area contributed by atoms with Gasteiger partial charge >= 0.3 is 11.9 Å². The average Bonchev–Trinajstić information content (AvgIpc) is 2.35. The second kappa shape index (κ2) is 9.22. The highest BCUT2D eigenvalue weighted by Crippen LogP contribution is 2.24. The van der Waals surface area contributed by atoms with Crippen LogP contribution in [0.3, 0.4) is 0 Å². The van der Waals surface area contributed by atoms with Crippen molar-refractivity contribution in [3.8, 4) is 0 Å². The third-order valence-electron chi connectivity index (χ3n) is 3.37. The number of hydrogen-bond acceptors (Lipinski definition) is 6. The molecule has 0 rings (SSSR count). The summed E-state index contributed by atoms with van der Waals surface area (Å²) in [5, 5.41) is 0. The minimum Gasteiger partial charge on any atom is -0.466 e. The number of ether oxygens (including phenoxy) is 2. The van der Waals surface area contributed by atoms with Crippen molar-refractivity contribution in [1.29, 1.82) is 0 Å². The Bertz CT molecular complexity index is 496. The molecule has 0 aliphatic heterocycles. The molecule has 136 valence electrons. The Morgan fingerprint density at radius 2 is 1.43 bits per heavy atom. The van der Waals surface area contributed by atoms with E-state index in [0.717, 1.165) is 6.92 Å². The summed E-state index contributed by atoms with van der Waals surface area (Å²) < 4.78 is 39.9. The molecule has 1 N–H and O–H groups in total. The summed E-state index contributed by atoms with van der Waals surface area (Å²) in [6.07, 6.45) is 0.379. The van der Waals surface area contributed by atoms with Crippen LogP contribution >= 0.6 is 0 Å². The zero-order valence-corrected chi connectivity index (χ0v) is 15.3. The summed E-state index contributed by atoms with van der Waals surface area (Å²) >= 11 is 0. The van der Waals surface area contributed by atoms with E-state index in [1.807, 2.05) is 27.7 Å². The smallest absolute Gasteiger partial charge is 0.330 e. The van der Waals surface area contributed by atoms with Crippen molar-refractivity contribution in [2.45, 2.75) is 58.6 Å². The maximum absolute atomic E-state index is 12.0. The first-order chi connectivity index (χ1) is 10.4. The van der Waals surface area contributed by atoms with Crippen LogP contribution in [-0.2, 0) is 29.2 Å². The van der Waals surface area contributed by atoms with E-state index in [9.17, 15) is 22.6 Å². The van der Waals surface area contributed by atoms with Crippen LogP contribution in [0.15, 0.2) is 0 Å². The molecule has 0 aromatic heterocycles. The van der Waals surface area contributed by atoms with Crippen LogP contribution in [0, 0.1) is 11.8 Å². The van der Waals surface area contributed by atoms with Gasteiger partial charge in [-0.15, -0.1) is 0 Å². The molecule has 0 radical (unpaired) electrons. The zero-order valence-electron chi connectivity index (χ0n) is 14.5. The Hall–Kier alpha value is -1.15. The van der Waals surface area contributed by atoms with E-state index in [0.29, 0.717) is 18.8 Å². The standard InChI is InChI=1S/C15H28O7S/c1-11(2)6-8-21-13(16)10-15(5,23(18,19)20)14(17)22-9-7-12(3)4/h11-12H,6-10H2,1-5H3,(H,18,19,20). The van der Waals surface area contributed by atoms with E-state index < -0.39 is 33.2 Å². The van der Waals surface area contributed by atoms with Gasteiger partial charge in [-0.25, -0.2) is 0 Å². The molecular weight excluding hydrogens is 324 g/mol. The van der Waals surface area contributed by atoms with Gasteiger partial charge in [-0.3, -0.25) is 14.1 Å². The predicted octanol–water partition coefficient (Wildman–Crippen LogP) is 2.20. The minimum atomic E-state index is -4.83. The summed E-state index contributed by atoms with van der Waals surface area (Å²) in [7, 11) is -4.83. The fraction of sp³-hybridized carbons (Fsp3) is 0.867. The van der Waals surface area contributed by atoms with E-state index >= 15 is 0 Å². The summed E-state index contributed by atoms with van der Waals surface area (Å²) in [5.74, 6) is -1.44. The third kappa shape index (κ3) is 7.78. The quantitative estimate of drug-likeness (QED) is 0.474. The largest absolute Gasteiger partial charge is 0.466 e. The highest BCUT2D eigenvalue weighted by Gasteiger charge is 2.49. The highest BCUT2D eigenvalue weighted by atomic mass is 32.2. The van der Waals surface area contributed by atoms with Crippen LogP contribution in [0.1, 0.15) is 53.9 Å². The van der Waals surface area contributed by atoms with Gasteiger partial charge in [0.05, 0.1) is 19.6 Å². The molecule has 0 bridgehead atoms. The lowest BCUT2D eigenvalue weighted by molar-refractivity contribution is -0.153. The SMILES string of the molecule is CC(C)CCOC(=O)CC(C)(C(=O)OCCC(C)C)S(=O)(=O)O. The Kier molecular flexibility index (Phi) is 8.76. The second-order valence-corrected chi connectivity index (χ2v) is 8.46. The molecule has 23 heavy (non-hydrogen) atoms. The fourth-order valence-electron chi connectivity index (χ4n) is 1.54. The molecule has 0 aliphatic rings. The van der Waals surface area contributed by atoms with Crippen molar-refractivity contribution in [2.75, 3.05) is 13.2 Å². The van der Waals surface area contributed by atoms with Crippen LogP contribution in [0.2, 0.25) is 0 Å². The van der Waals surface area contributed by atoms with E-state index in [1.165, 1.54) is 0 Å². The van der Waals surface area contributed by atoms with Gasteiger partial charge in [-0.05, 0) is 31.6 Å². The predicted molar refractivity (Wildman–Crippen MR) is 85.4 cm³/mol. The van der Waals surface area contributed by atoms with Crippen molar-refractivity contribution < 1.29 is 32.0 Å². The molecule has 1 unspecified atom stereocenters. The molecule has 0 aliphatic carbocycles. The number of carbonyl (C=O) groups excluding carboxylic acids is 2. The maximum Gasteiger partial charge on any atom is 0.330 e. The van der Waals surface area contributed by atoms with Gasteiger partial charge < -0.3 is 9.47 Å². The molecule has 7 nitrogen and oxygen atoms in total. The zero-order chi connectivity index (χ0) is 18.3. The van der Waals surface area contributed by atoms with Crippen molar-refractivity contribution in [3.63, 3.8) is 0 Å². The summed E-state index contributed by atoms with van der Waals surface area (Å²) in [5.41, 5.74) is 0. The topological polar surface area (TPSA) is 107 Å². The summed E-state index contributed by atoms with van der Waals surface area (Å²) in [6.45, 7) is 8.84. The van der Waals surface area contributed by atoms with E-state index in [4.69, 9.17) is 9.47 Å². The van der Waals surface area contributed by atoms with Crippen LogP contribution in [-0.4, -0.2) is 42.9 Å². The minimum absolute atomic E-state index is 0.0179. The number of hydrogen-bond donors (Lipinski definition) is 1. The molecular formula is C15H28O7S. The Morgan fingerprint density at radius 1 is 1.00 bits per heavy atom. The number of esters is 2. The summed E-state index contributed by atoms with van der Waals surface area (Å²) in [6, 6.07) is 0. The monoisotopic (exact) mass is 352 g/mol. The number of rotatable bonds is 10.